The third kappa shape index (κ3) is 4.65. The van der Waals surface area contributed by atoms with E-state index in [0.717, 1.165) is 28.8 Å². The van der Waals surface area contributed by atoms with Crippen molar-refractivity contribution in [2.45, 2.75) is 19.3 Å². The molecular weight excluding hydrogens is 462 g/mol. The molecule has 0 atom stereocenters. The highest BCUT2D eigenvalue weighted by Gasteiger charge is 2.20. The first-order valence-electron chi connectivity index (χ1n) is 10.1. The molecule has 0 saturated carbocycles. The number of aryl methyl sites for hydroxylation is 1. The van der Waals surface area contributed by atoms with Crippen molar-refractivity contribution in [3.8, 4) is 11.4 Å². The maximum absolute atomic E-state index is 13.5. The van der Waals surface area contributed by atoms with E-state index in [0.29, 0.717) is 39.9 Å². The van der Waals surface area contributed by atoms with Crippen molar-refractivity contribution in [1.82, 2.24) is 51.2 Å². The van der Waals surface area contributed by atoms with Gasteiger partial charge in [0.25, 0.3) is 5.91 Å². The number of rotatable bonds is 8. The Balaban J connectivity index is 1.38. The number of thiazole rings is 1. The molecule has 5 rings (SSSR count). The topological polar surface area (TPSA) is 158 Å². The Morgan fingerprint density at radius 2 is 1.82 bits per heavy atom. The molecule has 4 heterocycles. The van der Waals surface area contributed by atoms with Gasteiger partial charge in [0.1, 0.15) is 10.6 Å². The van der Waals surface area contributed by atoms with Gasteiger partial charge in [0.2, 0.25) is 5.82 Å². The van der Waals surface area contributed by atoms with Gasteiger partial charge in [-0.15, -0.1) is 20.4 Å². The van der Waals surface area contributed by atoms with Crippen molar-refractivity contribution in [1.29, 1.82) is 0 Å². The molecule has 1 aromatic carbocycles. The van der Waals surface area contributed by atoms with Crippen LogP contribution in [-0.2, 0) is 6.42 Å². The average molecular weight is 480 g/mol. The summed E-state index contributed by atoms with van der Waals surface area (Å²) in [5.74, 6) is 1.53. The fourth-order valence-electron chi connectivity index (χ4n) is 3.34. The maximum Gasteiger partial charge on any atom is 0.259 e. The van der Waals surface area contributed by atoms with Crippen LogP contribution in [0.4, 0.5) is 5.82 Å². The van der Waals surface area contributed by atoms with Gasteiger partial charge >= 0.3 is 0 Å². The lowest BCUT2D eigenvalue weighted by atomic mass is 10.1. The van der Waals surface area contributed by atoms with Gasteiger partial charge in [-0.25, -0.2) is 4.98 Å². The van der Waals surface area contributed by atoms with E-state index in [1.165, 1.54) is 11.3 Å². The number of anilines is 1. The van der Waals surface area contributed by atoms with Gasteiger partial charge < -0.3 is 4.98 Å². The molecule has 0 aliphatic rings. The number of carbonyl (C=O) groups excluding carboxylic acids is 1. The number of pyridine rings is 1. The lowest BCUT2D eigenvalue weighted by Gasteiger charge is -2.22. The Bertz CT molecular complexity index is 1410. The molecule has 0 aliphatic carbocycles. The highest BCUT2D eigenvalue weighted by Crippen LogP contribution is 2.24. The second-order valence-corrected chi connectivity index (χ2v) is 8.76. The Morgan fingerprint density at radius 1 is 1.00 bits per heavy atom. The van der Waals surface area contributed by atoms with Crippen LogP contribution in [0.1, 0.15) is 29.0 Å². The summed E-state index contributed by atoms with van der Waals surface area (Å²) in [6, 6.07) is 10.8. The zero-order valence-corrected chi connectivity index (χ0v) is 18.7. The summed E-state index contributed by atoms with van der Waals surface area (Å²) in [5, 5.41) is 27.9. The Kier molecular flexibility index (Phi) is 5.91. The fraction of sp³-hybridized carbons (Fsp3) is 0.211. The molecule has 33 heavy (non-hydrogen) atoms. The van der Waals surface area contributed by atoms with E-state index in [1.54, 1.807) is 29.2 Å². The second kappa shape index (κ2) is 9.30. The number of hydrogen-bond donors (Lipinski definition) is 3. The number of hydrogen-bond acceptors (Lipinski definition) is 10. The maximum atomic E-state index is 13.5. The number of amides is 1. The number of nitrogens with one attached hydrogen (secondary N) is 3. The van der Waals surface area contributed by atoms with Gasteiger partial charge in [-0.2, -0.15) is 10.4 Å². The van der Waals surface area contributed by atoms with E-state index in [1.807, 2.05) is 12.1 Å². The summed E-state index contributed by atoms with van der Waals surface area (Å²) < 4.78 is 0.643. The van der Waals surface area contributed by atoms with Gasteiger partial charge in [0.15, 0.2) is 9.78 Å². The summed E-state index contributed by atoms with van der Waals surface area (Å²) >= 11 is 6.61. The molecule has 0 bridgehead atoms. The summed E-state index contributed by atoms with van der Waals surface area (Å²) in [6.07, 6.45) is 2.21. The van der Waals surface area contributed by atoms with Crippen molar-refractivity contribution in [2.75, 3.05) is 11.4 Å². The van der Waals surface area contributed by atoms with Crippen LogP contribution >= 0.6 is 23.6 Å². The molecule has 0 saturated heterocycles. The van der Waals surface area contributed by atoms with E-state index in [2.05, 4.69) is 51.2 Å². The summed E-state index contributed by atoms with van der Waals surface area (Å²) in [4.78, 5) is 23.7. The number of fused-ring (bicyclic) bond motifs is 1. The molecule has 0 unspecified atom stereocenters. The Labute approximate surface area is 195 Å². The standard InChI is InChI=1S/C19H17N11OS2/c31-18(12-6-4-11(5-7-12)16-24-28-29-25-16)30(10-2-1-3-14-22-26-27-23-14)15-9-8-13-17(21-15)33-19(32)20-13/h4-9H,1-3,10H2,(H,20,32)(H,22,23,26,27)(H,24,25,28,29). The van der Waals surface area contributed by atoms with E-state index in [-0.39, 0.29) is 5.91 Å². The molecule has 0 fully saturated rings. The van der Waals surface area contributed by atoms with Crippen molar-refractivity contribution < 1.29 is 4.79 Å². The molecule has 0 aliphatic heterocycles. The average Bonchev–Trinajstić information content (AvgIpc) is 3.60. The summed E-state index contributed by atoms with van der Waals surface area (Å²) in [7, 11) is 0. The molecule has 1 amide bonds. The molecule has 166 valence electrons. The smallest absolute Gasteiger partial charge is 0.259 e. The highest BCUT2D eigenvalue weighted by atomic mass is 32.1. The number of H-pyrrole nitrogens is 3. The quantitative estimate of drug-likeness (QED) is 0.225. The Morgan fingerprint density at radius 3 is 2.58 bits per heavy atom. The predicted molar refractivity (Wildman–Crippen MR) is 123 cm³/mol. The van der Waals surface area contributed by atoms with E-state index in [4.69, 9.17) is 12.2 Å². The van der Waals surface area contributed by atoms with Crippen LogP contribution in [0.2, 0.25) is 0 Å². The van der Waals surface area contributed by atoms with E-state index in [9.17, 15) is 4.79 Å². The predicted octanol–water partition coefficient (Wildman–Crippen LogP) is 2.72. The molecule has 3 N–H and O–H groups in total. The SMILES string of the molecule is O=C(c1ccc(-c2nn[nH]n2)cc1)N(CCCCc1nn[nH]n1)c1ccc2[nH]c(=S)sc2n1. The van der Waals surface area contributed by atoms with Gasteiger partial charge in [0, 0.05) is 24.1 Å². The first-order valence-corrected chi connectivity index (χ1v) is 11.3. The summed E-state index contributed by atoms with van der Waals surface area (Å²) in [6.45, 7) is 0.484. The van der Waals surface area contributed by atoms with Crippen LogP contribution in [-0.4, -0.2) is 63.7 Å². The van der Waals surface area contributed by atoms with Crippen molar-refractivity contribution >= 4 is 45.6 Å². The lowest BCUT2D eigenvalue weighted by Crippen LogP contribution is -2.32. The second-order valence-electron chi connectivity index (χ2n) is 7.09. The molecule has 5 aromatic rings. The van der Waals surface area contributed by atoms with Crippen LogP contribution in [0.3, 0.4) is 0 Å². The zero-order chi connectivity index (χ0) is 22.6. The minimum absolute atomic E-state index is 0.153. The highest BCUT2D eigenvalue weighted by molar-refractivity contribution is 7.73. The first kappa shape index (κ1) is 21.0. The van der Waals surface area contributed by atoms with Crippen LogP contribution in [0.15, 0.2) is 36.4 Å². The van der Waals surface area contributed by atoms with Gasteiger partial charge in [-0.3, -0.25) is 9.69 Å². The van der Waals surface area contributed by atoms with Crippen LogP contribution in [0.25, 0.3) is 21.7 Å². The number of nitrogens with zero attached hydrogens (tertiary/aromatic N) is 8. The number of tetrazole rings is 2. The number of unbranched alkanes of at least 4 members (excludes halogenated alkanes) is 1. The molecule has 0 spiro atoms. The number of carbonyl (C=O) groups is 1. The number of aromatic nitrogens is 10. The number of benzene rings is 1. The minimum Gasteiger partial charge on any atom is -0.336 e. The minimum atomic E-state index is -0.153. The lowest BCUT2D eigenvalue weighted by molar-refractivity contribution is 0.0986. The van der Waals surface area contributed by atoms with Crippen LogP contribution in [0, 0.1) is 3.95 Å². The normalized spacial score (nSPS) is 11.2. The van der Waals surface area contributed by atoms with E-state index < -0.39 is 0 Å². The largest absolute Gasteiger partial charge is 0.336 e. The van der Waals surface area contributed by atoms with Crippen molar-refractivity contribution in [3.63, 3.8) is 0 Å². The Hall–Kier alpha value is -3.91. The fourth-order valence-corrected chi connectivity index (χ4v) is 4.39. The molecule has 4 aromatic heterocycles. The van der Waals surface area contributed by atoms with Crippen LogP contribution < -0.4 is 4.90 Å². The summed E-state index contributed by atoms with van der Waals surface area (Å²) in [5.41, 5.74) is 2.14. The molecular formula is C19H17N11OS2. The molecule has 12 nitrogen and oxygen atoms in total. The number of aromatic amines is 3. The van der Waals surface area contributed by atoms with Gasteiger partial charge in [-0.1, -0.05) is 28.7 Å². The van der Waals surface area contributed by atoms with Crippen LogP contribution in [0.5, 0.6) is 0 Å². The van der Waals surface area contributed by atoms with Crippen molar-refractivity contribution in [3.05, 3.63) is 51.7 Å². The monoisotopic (exact) mass is 479 g/mol. The zero-order valence-electron chi connectivity index (χ0n) is 17.1. The molecule has 14 heteroatoms. The third-order valence-electron chi connectivity index (χ3n) is 4.95. The van der Waals surface area contributed by atoms with E-state index >= 15 is 0 Å². The van der Waals surface area contributed by atoms with Crippen molar-refractivity contribution in [2.24, 2.45) is 0 Å². The van der Waals surface area contributed by atoms with Gasteiger partial charge in [-0.05, 0) is 54.5 Å². The van der Waals surface area contributed by atoms with Gasteiger partial charge in [0.05, 0.1) is 5.52 Å². The first-order chi connectivity index (χ1) is 16.2. The molecule has 0 radical (unpaired) electrons. The third-order valence-corrected chi connectivity index (χ3v) is 6.09.